The van der Waals surface area contributed by atoms with E-state index in [0.29, 0.717) is 6.04 Å². The Kier molecular flexibility index (Phi) is 5.67. The third-order valence-corrected chi connectivity index (χ3v) is 6.20. The lowest BCUT2D eigenvalue weighted by Gasteiger charge is -2.36. The highest BCUT2D eigenvalue weighted by atomic mass is 16.1. The maximum Gasteiger partial charge on any atom is 0.267 e. The van der Waals surface area contributed by atoms with Crippen LogP contribution in [0.4, 0.5) is 5.82 Å². The first-order chi connectivity index (χ1) is 13.7. The molecule has 2 aliphatic heterocycles. The zero-order valence-corrected chi connectivity index (χ0v) is 17.0. The minimum absolute atomic E-state index is 0.0298. The van der Waals surface area contributed by atoms with Crippen LogP contribution in [-0.2, 0) is 13.6 Å². The van der Waals surface area contributed by atoms with Gasteiger partial charge in [-0.25, -0.2) is 4.98 Å². The third kappa shape index (κ3) is 3.78. The van der Waals surface area contributed by atoms with Crippen LogP contribution in [0.5, 0.6) is 0 Å². The Bertz CT molecular complexity index is 807. The highest BCUT2D eigenvalue weighted by molar-refractivity contribution is 5.92. The summed E-state index contributed by atoms with van der Waals surface area (Å²) in [5.74, 6) is 1.08. The second-order valence-electron chi connectivity index (χ2n) is 7.98. The third-order valence-electron chi connectivity index (χ3n) is 6.20. The fraction of sp³-hybridized carbons (Fsp3) is 0.545. The number of amides is 1. The lowest BCUT2D eigenvalue weighted by atomic mass is 9.98. The molecular formula is C22H31N5O. The van der Waals surface area contributed by atoms with Crippen molar-refractivity contribution in [1.82, 2.24) is 19.8 Å². The Hall–Kier alpha value is -2.34. The molecule has 1 N–H and O–H groups in total. The predicted molar refractivity (Wildman–Crippen MR) is 111 cm³/mol. The summed E-state index contributed by atoms with van der Waals surface area (Å²) in [6, 6.07) is 8.80. The molecule has 1 atom stereocenters. The molecule has 2 aromatic rings. The van der Waals surface area contributed by atoms with Crippen LogP contribution in [0.2, 0.25) is 0 Å². The van der Waals surface area contributed by atoms with Crippen molar-refractivity contribution in [1.29, 1.82) is 0 Å². The van der Waals surface area contributed by atoms with E-state index < -0.39 is 0 Å². The van der Waals surface area contributed by atoms with Gasteiger partial charge in [-0.2, -0.15) is 0 Å². The quantitative estimate of drug-likeness (QED) is 0.865. The van der Waals surface area contributed by atoms with Crippen molar-refractivity contribution in [3.05, 3.63) is 47.4 Å². The Morgan fingerprint density at radius 2 is 1.89 bits per heavy atom. The number of rotatable bonds is 5. The maximum atomic E-state index is 12.1. The summed E-state index contributed by atoms with van der Waals surface area (Å²) >= 11 is 0. The van der Waals surface area contributed by atoms with Gasteiger partial charge in [0.1, 0.15) is 11.5 Å². The van der Waals surface area contributed by atoms with Gasteiger partial charge in [0, 0.05) is 45.6 Å². The predicted octanol–water partition coefficient (Wildman–Crippen LogP) is 3.11. The molecule has 0 aliphatic carbocycles. The van der Waals surface area contributed by atoms with Gasteiger partial charge in [-0.1, -0.05) is 12.5 Å². The standard InChI is InChI=1S/C22H31N5O/c1-23-22(28)20-10-9-18(25(20)2)19-7-3-4-14-27(19)16-17-8-11-21(24-15-17)26-12-5-6-13-26/h8-11,15,19H,3-7,12-14,16H2,1-2H3,(H,23,28). The molecule has 1 amide bonds. The van der Waals surface area contributed by atoms with Gasteiger partial charge >= 0.3 is 0 Å². The smallest absolute Gasteiger partial charge is 0.267 e. The van der Waals surface area contributed by atoms with E-state index in [2.05, 4.69) is 37.9 Å². The number of hydrogen-bond donors (Lipinski definition) is 1. The number of piperidine rings is 1. The van der Waals surface area contributed by atoms with Crippen LogP contribution in [0.25, 0.3) is 0 Å². The lowest BCUT2D eigenvalue weighted by molar-refractivity contribution is 0.0952. The van der Waals surface area contributed by atoms with E-state index >= 15 is 0 Å². The molecule has 2 saturated heterocycles. The van der Waals surface area contributed by atoms with Crippen LogP contribution in [0.3, 0.4) is 0 Å². The number of nitrogens with one attached hydrogen (secondary N) is 1. The van der Waals surface area contributed by atoms with Crippen LogP contribution < -0.4 is 10.2 Å². The molecule has 2 fully saturated rings. The Labute approximate surface area is 167 Å². The highest BCUT2D eigenvalue weighted by Crippen LogP contribution is 2.33. The van der Waals surface area contributed by atoms with Crippen molar-refractivity contribution in [2.75, 3.05) is 31.6 Å². The van der Waals surface area contributed by atoms with Crippen molar-refractivity contribution >= 4 is 11.7 Å². The first-order valence-electron chi connectivity index (χ1n) is 10.5. The fourth-order valence-electron chi connectivity index (χ4n) is 4.61. The van der Waals surface area contributed by atoms with Gasteiger partial charge in [0.25, 0.3) is 5.91 Å². The summed E-state index contributed by atoms with van der Waals surface area (Å²) < 4.78 is 2.05. The largest absolute Gasteiger partial charge is 0.357 e. The van der Waals surface area contributed by atoms with E-state index in [1.54, 1.807) is 7.05 Å². The molecule has 1 unspecified atom stereocenters. The van der Waals surface area contributed by atoms with E-state index in [0.717, 1.165) is 44.1 Å². The van der Waals surface area contributed by atoms with Crippen LogP contribution in [0.1, 0.15) is 59.9 Å². The Morgan fingerprint density at radius 3 is 2.61 bits per heavy atom. The zero-order chi connectivity index (χ0) is 19.5. The summed E-state index contributed by atoms with van der Waals surface area (Å²) in [5.41, 5.74) is 3.20. The second kappa shape index (κ2) is 8.35. The fourth-order valence-corrected chi connectivity index (χ4v) is 4.61. The molecule has 150 valence electrons. The lowest BCUT2D eigenvalue weighted by Crippen LogP contribution is -2.34. The van der Waals surface area contributed by atoms with Crippen molar-refractivity contribution < 1.29 is 4.79 Å². The topological polar surface area (TPSA) is 53.4 Å². The molecule has 2 aromatic heterocycles. The highest BCUT2D eigenvalue weighted by Gasteiger charge is 2.27. The Balaban J connectivity index is 1.50. The number of aromatic nitrogens is 2. The van der Waals surface area contributed by atoms with E-state index in [4.69, 9.17) is 4.98 Å². The Morgan fingerprint density at radius 1 is 1.11 bits per heavy atom. The molecule has 4 rings (SSSR count). The molecule has 28 heavy (non-hydrogen) atoms. The van der Waals surface area contributed by atoms with Gasteiger partial charge in [-0.15, -0.1) is 0 Å². The zero-order valence-electron chi connectivity index (χ0n) is 17.0. The minimum Gasteiger partial charge on any atom is -0.357 e. The maximum absolute atomic E-state index is 12.1. The number of carbonyl (C=O) groups excluding carboxylic acids is 1. The number of nitrogens with zero attached hydrogens (tertiary/aromatic N) is 4. The average molecular weight is 382 g/mol. The number of carbonyl (C=O) groups is 1. The monoisotopic (exact) mass is 381 g/mol. The first-order valence-corrected chi connectivity index (χ1v) is 10.5. The first kappa shape index (κ1) is 19.0. The molecule has 0 bridgehead atoms. The number of pyridine rings is 1. The van der Waals surface area contributed by atoms with Crippen LogP contribution in [0, 0.1) is 0 Å². The number of hydrogen-bond acceptors (Lipinski definition) is 4. The SMILES string of the molecule is CNC(=O)c1ccc(C2CCCCN2Cc2ccc(N3CCCC3)nc2)n1C. The van der Waals surface area contributed by atoms with Crippen molar-refractivity contribution in [2.45, 2.75) is 44.7 Å². The molecule has 4 heterocycles. The molecule has 6 nitrogen and oxygen atoms in total. The van der Waals surface area contributed by atoms with Gasteiger partial charge in [0.15, 0.2) is 0 Å². The molecule has 0 radical (unpaired) electrons. The van der Waals surface area contributed by atoms with Gasteiger partial charge in [0.05, 0.1) is 6.04 Å². The van der Waals surface area contributed by atoms with Gasteiger partial charge < -0.3 is 14.8 Å². The summed E-state index contributed by atoms with van der Waals surface area (Å²) in [6.45, 7) is 4.24. The van der Waals surface area contributed by atoms with Crippen molar-refractivity contribution in [2.24, 2.45) is 7.05 Å². The van der Waals surface area contributed by atoms with Gasteiger partial charge in [-0.05, 0) is 56.0 Å². The second-order valence-corrected chi connectivity index (χ2v) is 7.98. The molecule has 0 aromatic carbocycles. The number of likely N-dealkylation sites (tertiary alicyclic amines) is 1. The van der Waals surface area contributed by atoms with Crippen molar-refractivity contribution in [3.8, 4) is 0 Å². The van der Waals surface area contributed by atoms with Crippen LogP contribution in [-0.4, -0.2) is 47.0 Å². The molecule has 2 aliphatic rings. The van der Waals surface area contributed by atoms with E-state index in [1.807, 2.05) is 19.3 Å². The van der Waals surface area contributed by atoms with E-state index in [9.17, 15) is 4.79 Å². The summed E-state index contributed by atoms with van der Waals surface area (Å²) in [5, 5.41) is 2.73. The van der Waals surface area contributed by atoms with Crippen molar-refractivity contribution in [3.63, 3.8) is 0 Å². The van der Waals surface area contributed by atoms with Gasteiger partial charge in [0.2, 0.25) is 0 Å². The van der Waals surface area contributed by atoms with Crippen LogP contribution in [0.15, 0.2) is 30.5 Å². The van der Waals surface area contributed by atoms with E-state index in [-0.39, 0.29) is 5.91 Å². The summed E-state index contributed by atoms with van der Waals surface area (Å²) in [4.78, 5) is 21.7. The summed E-state index contributed by atoms with van der Waals surface area (Å²) in [6.07, 6.45) is 8.17. The average Bonchev–Trinajstić information content (AvgIpc) is 3.39. The number of anilines is 1. The van der Waals surface area contributed by atoms with Crippen LogP contribution >= 0.6 is 0 Å². The van der Waals surface area contributed by atoms with E-state index in [1.165, 1.54) is 36.9 Å². The normalized spacial score (nSPS) is 20.5. The van der Waals surface area contributed by atoms with Gasteiger partial charge in [-0.3, -0.25) is 9.69 Å². The molecular weight excluding hydrogens is 350 g/mol. The summed E-state index contributed by atoms with van der Waals surface area (Å²) in [7, 11) is 3.68. The minimum atomic E-state index is -0.0298. The molecule has 6 heteroatoms. The molecule has 0 spiro atoms. The molecule has 0 saturated carbocycles.